The Balaban J connectivity index is 1.95. The Labute approximate surface area is 108 Å². The molecular weight excluding hydrogens is 253 g/mol. The van der Waals surface area contributed by atoms with Crippen molar-refractivity contribution in [3.8, 4) is 0 Å². The lowest BCUT2D eigenvalue weighted by atomic mass is 10.2. The van der Waals surface area contributed by atoms with Gasteiger partial charge in [0, 0.05) is 11.4 Å². The largest absolute Gasteiger partial charge is 0.386 e. The highest BCUT2D eigenvalue weighted by Crippen LogP contribution is 2.17. The van der Waals surface area contributed by atoms with Gasteiger partial charge in [-0.1, -0.05) is 18.2 Å². The summed E-state index contributed by atoms with van der Waals surface area (Å²) in [4.78, 5) is 12.4. The van der Waals surface area contributed by atoms with E-state index in [1.165, 1.54) is 29.5 Å². The van der Waals surface area contributed by atoms with E-state index in [4.69, 9.17) is 0 Å². The Hall–Kier alpha value is -1.72. The zero-order valence-electron chi connectivity index (χ0n) is 9.47. The summed E-state index contributed by atoms with van der Waals surface area (Å²) >= 11 is 1.41. The fraction of sp³-hybridized carbons (Fsp3) is 0.154. The number of hydrogen-bond acceptors (Lipinski definition) is 3. The van der Waals surface area contributed by atoms with Crippen LogP contribution in [0.4, 0.5) is 4.39 Å². The average molecular weight is 265 g/mol. The van der Waals surface area contributed by atoms with Crippen molar-refractivity contribution in [2.75, 3.05) is 6.54 Å². The SMILES string of the molecule is O=C(NC[C@H](O)c1cccs1)c1ccccc1F. The highest BCUT2D eigenvalue weighted by molar-refractivity contribution is 7.10. The van der Waals surface area contributed by atoms with Crippen LogP contribution >= 0.6 is 11.3 Å². The molecule has 18 heavy (non-hydrogen) atoms. The van der Waals surface area contributed by atoms with Gasteiger partial charge in [-0.2, -0.15) is 0 Å². The van der Waals surface area contributed by atoms with E-state index >= 15 is 0 Å². The zero-order valence-corrected chi connectivity index (χ0v) is 10.3. The lowest BCUT2D eigenvalue weighted by molar-refractivity contribution is 0.0914. The van der Waals surface area contributed by atoms with Gasteiger partial charge in [0.1, 0.15) is 11.9 Å². The monoisotopic (exact) mass is 265 g/mol. The molecule has 1 atom stereocenters. The fourth-order valence-corrected chi connectivity index (χ4v) is 2.22. The maximum atomic E-state index is 13.3. The van der Waals surface area contributed by atoms with Crippen molar-refractivity contribution in [1.29, 1.82) is 0 Å². The van der Waals surface area contributed by atoms with Crippen LogP contribution < -0.4 is 5.32 Å². The van der Waals surface area contributed by atoms with Gasteiger partial charge in [-0.15, -0.1) is 11.3 Å². The van der Waals surface area contributed by atoms with Gasteiger partial charge < -0.3 is 10.4 Å². The number of halogens is 1. The van der Waals surface area contributed by atoms with Crippen LogP contribution in [0.15, 0.2) is 41.8 Å². The molecule has 0 saturated carbocycles. The van der Waals surface area contributed by atoms with Crippen molar-refractivity contribution in [3.05, 3.63) is 58.0 Å². The summed E-state index contributed by atoms with van der Waals surface area (Å²) in [5.74, 6) is -1.09. The van der Waals surface area contributed by atoms with Crippen molar-refractivity contribution in [1.82, 2.24) is 5.32 Å². The van der Waals surface area contributed by atoms with Crippen LogP contribution in [0.25, 0.3) is 0 Å². The summed E-state index contributed by atoms with van der Waals surface area (Å²) in [6, 6.07) is 9.35. The predicted molar refractivity (Wildman–Crippen MR) is 68.0 cm³/mol. The highest BCUT2D eigenvalue weighted by Gasteiger charge is 2.13. The summed E-state index contributed by atoms with van der Waals surface area (Å²) in [5, 5.41) is 14.1. The maximum Gasteiger partial charge on any atom is 0.254 e. The average Bonchev–Trinajstić information content (AvgIpc) is 2.90. The van der Waals surface area contributed by atoms with Gasteiger partial charge in [0.2, 0.25) is 0 Å². The Morgan fingerprint density at radius 1 is 1.33 bits per heavy atom. The second kappa shape index (κ2) is 5.75. The number of aliphatic hydroxyl groups is 1. The van der Waals surface area contributed by atoms with E-state index in [0.29, 0.717) is 0 Å². The molecule has 2 N–H and O–H groups in total. The van der Waals surface area contributed by atoms with Gasteiger partial charge in [0.05, 0.1) is 5.56 Å². The number of rotatable bonds is 4. The quantitative estimate of drug-likeness (QED) is 0.891. The zero-order chi connectivity index (χ0) is 13.0. The van der Waals surface area contributed by atoms with Crippen molar-refractivity contribution in [3.63, 3.8) is 0 Å². The molecule has 5 heteroatoms. The van der Waals surface area contributed by atoms with Gasteiger partial charge in [-0.05, 0) is 23.6 Å². The molecule has 94 valence electrons. The number of nitrogens with one attached hydrogen (secondary N) is 1. The number of hydrogen-bond donors (Lipinski definition) is 2. The van der Waals surface area contributed by atoms with Gasteiger partial charge in [0.15, 0.2) is 0 Å². The Kier molecular flexibility index (Phi) is 4.07. The second-order valence-electron chi connectivity index (χ2n) is 3.72. The minimum Gasteiger partial charge on any atom is -0.386 e. The number of benzene rings is 1. The first kappa shape index (κ1) is 12.7. The molecule has 1 amide bonds. The summed E-state index contributed by atoms with van der Waals surface area (Å²) in [5.41, 5.74) is -0.0177. The van der Waals surface area contributed by atoms with E-state index in [0.717, 1.165) is 4.88 Å². The first-order valence-corrected chi connectivity index (χ1v) is 6.30. The fourth-order valence-electron chi connectivity index (χ4n) is 1.51. The van der Waals surface area contributed by atoms with E-state index in [1.807, 2.05) is 11.4 Å². The molecule has 1 aromatic heterocycles. The molecular formula is C13H12FNO2S. The molecule has 0 fully saturated rings. The third kappa shape index (κ3) is 2.94. The normalized spacial score (nSPS) is 12.1. The van der Waals surface area contributed by atoms with Gasteiger partial charge in [-0.3, -0.25) is 4.79 Å². The van der Waals surface area contributed by atoms with E-state index < -0.39 is 17.8 Å². The maximum absolute atomic E-state index is 13.3. The number of thiophene rings is 1. The third-order valence-corrected chi connectivity index (χ3v) is 3.42. The number of carbonyl (C=O) groups excluding carboxylic acids is 1. The molecule has 2 aromatic rings. The van der Waals surface area contributed by atoms with E-state index in [9.17, 15) is 14.3 Å². The molecule has 0 aliphatic carbocycles. The Morgan fingerprint density at radius 3 is 2.78 bits per heavy atom. The van der Waals surface area contributed by atoms with E-state index in [-0.39, 0.29) is 12.1 Å². The van der Waals surface area contributed by atoms with Gasteiger partial charge in [0.25, 0.3) is 5.91 Å². The minimum absolute atomic E-state index is 0.0177. The lowest BCUT2D eigenvalue weighted by Crippen LogP contribution is -2.28. The molecule has 0 spiro atoms. The van der Waals surface area contributed by atoms with Crippen molar-refractivity contribution in [2.24, 2.45) is 0 Å². The van der Waals surface area contributed by atoms with Crippen LogP contribution in [0.2, 0.25) is 0 Å². The van der Waals surface area contributed by atoms with E-state index in [1.54, 1.807) is 12.1 Å². The van der Waals surface area contributed by atoms with E-state index in [2.05, 4.69) is 5.32 Å². The summed E-state index contributed by atoms with van der Waals surface area (Å²) in [6.07, 6.45) is -0.763. The molecule has 1 heterocycles. The standard InChI is InChI=1S/C13H12FNO2S/c14-10-5-2-1-4-9(10)13(17)15-8-11(16)12-6-3-7-18-12/h1-7,11,16H,8H2,(H,15,17)/t11-/m0/s1. The third-order valence-electron chi connectivity index (χ3n) is 2.45. The van der Waals surface area contributed by atoms with Crippen molar-refractivity contribution >= 4 is 17.2 Å². The first-order valence-electron chi connectivity index (χ1n) is 5.42. The van der Waals surface area contributed by atoms with Gasteiger partial charge >= 0.3 is 0 Å². The molecule has 3 nitrogen and oxygen atoms in total. The van der Waals surface area contributed by atoms with Crippen LogP contribution in [0.1, 0.15) is 21.3 Å². The van der Waals surface area contributed by atoms with Crippen LogP contribution in [0.3, 0.4) is 0 Å². The van der Waals surface area contributed by atoms with Crippen molar-refractivity contribution in [2.45, 2.75) is 6.10 Å². The summed E-state index contributed by atoms with van der Waals surface area (Å²) in [7, 11) is 0. The Morgan fingerprint density at radius 2 is 2.11 bits per heavy atom. The number of amides is 1. The molecule has 0 bridgehead atoms. The topological polar surface area (TPSA) is 49.3 Å². The van der Waals surface area contributed by atoms with Crippen LogP contribution in [-0.2, 0) is 0 Å². The van der Waals surface area contributed by atoms with Crippen LogP contribution in [0, 0.1) is 5.82 Å². The number of carbonyl (C=O) groups is 1. The Bertz CT molecular complexity index is 528. The smallest absolute Gasteiger partial charge is 0.254 e. The molecule has 0 saturated heterocycles. The molecule has 0 unspecified atom stereocenters. The van der Waals surface area contributed by atoms with Crippen molar-refractivity contribution < 1.29 is 14.3 Å². The highest BCUT2D eigenvalue weighted by atomic mass is 32.1. The minimum atomic E-state index is -0.763. The molecule has 0 radical (unpaired) electrons. The summed E-state index contributed by atoms with van der Waals surface area (Å²) in [6.45, 7) is 0.0632. The molecule has 1 aromatic carbocycles. The second-order valence-corrected chi connectivity index (χ2v) is 4.70. The molecule has 0 aliphatic heterocycles. The molecule has 0 aliphatic rings. The number of aliphatic hydroxyl groups excluding tert-OH is 1. The predicted octanol–water partition coefficient (Wildman–Crippen LogP) is 2.35. The summed E-state index contributed by atoms with van der Waals surface area (Å²) < 4.78 is 13.3. The molecule has 2 rings (SSSR count). The lowest BCUT2D eigenvalue weighted by Gasteiger charge is -2.10. The van der Waals surface area contributed by atoms with Crippen LogP contribution in [-0.4, -0.2) is 17.6 Å². The van der Waals surface area contributed by atoms with Crippen LogP contribution in [0.5, 0.6) is 0 Å². The van der Waals surface area contributed by atoms with Gasteiger partial charge in [-0.25, -0.2) is 4.39 Å². The first-order chi connectivity index (χ1) is 8.68.